The third kappa shape index (κ3) is 10.0. The lowest BCUT2D eigenvalue weighted by Crippen LogP contribution is -3.00. The Bertz CT molecular complexity index is 344. The predicted molar refractivity (Wildman–Crippen MR) is 84.4 cm³/mol. The molecule has 21 heavy (non-hydrogen) atoms. The van der Waals surface area contributed by atoms with Gasteiger partial charge in [0.2, 0.25) is 5.69 Å². The van der Waals surface area contributed by atoms with Gasteiger partial charge in [-0.2, -0.15) is 0 Å². The van der Waals surface area contributed by atoms with Crippen LogP contribution in [-0.2, 0) is 13.2 Å². The predicted octanol–water partition coefficient (Wildman–Crippen LogP) is 1.39. The molecule has 0 fully saturated rings. The normalized spacial score (nSPS) is 10.4. The standard InChI is InChI=1S/C18H32NO.BrH/c1-2-3-4-5-6-7-8-9-10-12-15-19-16-13-11-14-18(19)17-20;/h11,13-14,16,20H,2-10,12,15,17H2,1H3;1H/q+1;/p-1. The van der Waals surface area contributed by atoms with Crippen LogP contribution in [0.25, 0.3) is 0 Å². The molecule has 1 rings (SSSR count). The third-order valence-corrected chi connectivity index (χ3v) is 3.95. The summed E-state index contributed by atoms with van der Waals surface area (Å²) in [5, 5.41) is 9.26. The molecule has 0 radical (unpaired) electrons. The van der Waals surface area contributed by atoms with E-state index in [0.717, 1.165) is 12.2 Å². The molecule has 1 aromatic rings. The van der Waals surface area contributed by atoms with Crippen LogP contribution in [0.3, 0.4) is 0 Å². The molecule has 0 bridgehead atoms. The van der Waals surface area contributed by atoms with Gasteiger partial charge in [-0.05, 0) is 6.42 Å². The van der Waals surface area contributed by atoms with E-state index >= 15 is 0 Å². The number of hydrogen-bond donors (Lipinski definition) is 1. The van der Waals surface area contributed by atoms with Crippen LogP contribution in [0.15, 0.2) is 24.4 Å². The van der Waals surface area contributed by atoms with Gasteiger partial charge >= 0.3 is 0 Å². The number of aliphatic hydroxyl groups is 1. The summed E-state index contributed by atoms with van der Waals surface area (Å²) in [6, 6.07) is 6.02. The number of rotatable bonds is 12. The van der Waals surface area contributed by atoms with E-state index in [9.17, 15) is 5.11 Å². The number of pyridine rings is 1. The second-order valence-electron chi connectivity index (χ2n) is 5.73. The highest BCUT2D eigenvalue weighted by Gasteiger charge is 2.06. The van der Waals surface area contributed by atoms with E-state index in [0.29, 0.717) is 0 Å². The molecule has 0 saturated heterocycles. The fourth-order valence-corrected chi connectivity index (χ4v) is 2.64. The highest BCUT2D eigenvalue weighted by atomic mass is 79.9. The molecule has 0 unspecified atom stereocenters. The van der Waals surface area contributed by atoms with Crippen molar-refractivity contribution in [1.29, 1.82) is 0 Å². The fraction of sp³-hybridized carbons (Fsp3) is 0.722. The van der Waals surface area contributed by atoms with Crippen molar-refractivity contribution in [2.75, 3.05) is 0 Å². The first kappa shape index (κ1) is 20.6. The van der Waals surface area contributed by atoms with Gasteiger partial charge in [-0.1, -0.05) is 64.4 Å². The molecule has 1 aromatic heterocycles. The Morgan fingerprint density at radius 1 is 0.857 bits per heavy atom. The molecular formula is C18H32BrNO. The van der Waals surface area contributed by atoms with Crippen LogP contribution in [0.1, 0.15) is 76.8 Å². The summed E-state index contributed by atoms with van der Waals surface area (Å²) >= 11 is 0. The second kappa shape index (κ2) is 14.5. The van der Waals surface area contributed by atoms with Crippen molar-refractivity contribution in [3.8, 4) is 0 Å². The molecular weight excluding hydrogens is 326 g/mol. The Kier molecular flexibility index (Phi) is 14.2. The molecule has 0 atom stereocenters. The summed E-state index contributed by atoms with van der Waals surface area (Å²) in [5.74, 6) is 0. The van der Waals surface area contributed by atoms with Gasteiger partial charge in [-0.25, -0.2) is 4.57 Å². The van der Waals surface area contributed by atoms with Crippen molar-refractivity contribution >= 4 is 0 Å². The van der Waals surface area contributed by atoms with Gasteiger partial charge in [0.1, 0.15) is 13.2 Å². The molecule has 0 aromatic carbocycles. The van der Waals surface area contributed by atoms with Gasteiger partial charge in [-0.3, -0.25) is 0 Å². The first-order valence-electron chi connectivity index (χ1n) is 8.46. The van der Waals surface area contributed by atoms with Crippen molar-refractivity contribution in [2.45, 2.75) is 84.3 Å². The zero-order chi connectivity index (χ0) is 14.5. The molecule has 1 heterocycles. The molecule has 2 nitrogen and oxygen atoms in total. The minimum Gasteiger partial charge on any atom is -1.00 e. The number of nitrogens with zero attached hydrogens (tertiary/aromatic N) is 1. The smallest absolute Gasteiger partial charge is 0.206 e. The summed E-state index contributed by atoms with van der Waals surface area (Å²) in [7, 11) is 0. The van der Waals surface area contributed by atoms with Crippen LogP contribution < -0.4 is 21.5 Å². The number of aryl methyl sites for hydroxylation is 1. The van der Waals surface area contributed by atoms with Crippen LogP contribution in [-0.4, -0.2) is 5.11 Å². The maximum Gasteiger partial charge on any atom is 0.206 e. The van der Waals surface area contributed by atoms with Crippen LogP contribution in [0.4, 0.5) is 0 Å². The van der Waals surface area contributed by atoms with Crippen molar-refractivity contribution < 1.29 is 26.7 Å². The minimum atomic E-state index is 0. The van der Waals surface area contributed by atoms with Crippen molar-refractivity contribution in [1.82, 2.24) is 0 Å². The van der Waals surface area contributed by atoms with E-state index in [1.807, 2.05) is 18.2 Å². The summed E-state index contributed by atoms with van der Waals surface area (Å²) in [4.78, 5) is 0. The first-order chi connectivity index (χ1) is 9.88. The topological polar surface area (TPSA) is 24.1 Å². The number of hydrogen-bond acceptors (Lipinski definition) is 1. The van der Waals surface area contributed by atoms with Gasteiger partial charge in [0, 0.05) is 18.6 Å². The van der Waals surface area contributed by atoms with Crippen LogP contribution >= 0.6 is 0 Å². The van der Waals surface area contributed by atoms with Crippen molar-refractivity contribution in [2.24, 2.45) is 0 Å². The van der Waals surface area contributed by atoms with E-state index in [1.54, 1.807) is 0 Å². The zero-order valence-corrected chi connectivity index (χ0v) is 15.2. The molecule has 3 heteroatoms. The Hall–Kier alpha value is -0.410. The SMILES string of the molecule is CCCCCCCCCCCC[n+]1ccccc1CO.[Br-]. The first-order valence-corrected chi connectivity index (χ1v) is 8.46. The fourth-order valence-electron chi connectivity index (χ4n) is 2.64. The van der Waals surface area contributed by atoms with Crippen LogP contribution in [0.5, 0.6) is 0 Å². The van der Waals surface area contributed by atoms with Gasteiger partial charge < -0.3 is 22.1 Å². The zero-order valence-electron chi connectivity index (χ0n) is 13.6. The molecule has 122 valence electrons. The van der Waals surface area contributed by atoms with Gasteiger partial charge in [0.05, 0.1) is 0 Å². The molecule has 0 aliphatic heterocycles. The van der Waals surface area contributed by atoms with Crippen LogP contribution in [0.2, 0.25) is 0 Å². The summed E-state index contributed by atoms with van der Waals surface area (Å²) in [6.45, 7) is 3.44. The number of halogens is 1. The Balaban J connectivity index is 0.00000400. The molecule has 0 spiro atoms. The number of aromatic nitrogens is 1. The average Bonchev–Trinajstić information content (AvgIpc) is 2.49. The Morgan fingerprint density at radius 2 is 1.43 bits per heavy atom. The number of aliphatic hydroxyl groups excluding tert-OH is 1. The van der Waals surface area contributed by atoms with E-state index in [-0.39, 0.29) is 23.6 Å². The summed E-state index contributed by atoms with van der Waals surface area (Å²) in [5.41, 5.74) is 1.02. The van der Waals surface area contributed by atoms with Crippen LogP contribution in [0, 0.1) is 0 Å². The van der Waals surface area contributed by atoms with Crippen molar-refractivity contribution in [3.05, 3.63) is 30.1 Å². The van der Waals surface area contributed by atoms with E-state index in [4.69, 9.17) is 0 Å². The van der Waals surface area contributed by atoms with E-state index < -0.39 is 0 Å². The largest absolute Gasteiger partial charge is 1.00 e. The van der Waals surface area contributed by atoms with Gasteiger partial charge in [0.15, 0.2) is 6.20 Å². The van der Waals surface area contributed by atoms with E-state index in [2.05, 4.69) is 17.7 Å². The van der Waals surface area contributed by atoms with Gasteiger partial charge in [0.25, 0.3) is 0 Å². The molecule has 0 aliphatic rings. The molecule has 0 aliphatic carbocycles. The maximum atomic E-state index is 9.26. The lowest BCUT2D eigenvalue weighted by Gasteiger charge is -2.03. The highest BCUT2D eigenvalue weighted by molar-refractivity contribution is 4.95. The highest BCUT2D eigenvalue weighted by Crippen LogP contribution is 2.10. The summed E-state index contributed by atoms with van der Waals surface area (Å²) in [6.07, 6.45) is 15.8. The quantitative estimate of drug-likeness (QED) is 0.443. The number of unbranched alkanes of at least 4 members (excludes halogenated alkanes) is 9. The average molecular weight is 358 g/mol. The summed E-state index contributed by atoms with van der Waals surface area (Å²) < 4.78 is 2.17. The minimum absolute atomic E-state index is 0. The van der Waals surface area contributed by atoms with E-state index in [1.165, 1.54) is 64.2 Å². The molecule has 1 N–H and O–H groups in total. The Labute approximate surface area is 141 Å². The molecule has 0 saturated carbocycles. The van der Waals surface area contributed by atoms with Crippen molar-refractivity contribution in [3.63, 3.8) is 0 Å². The molecule has 0 amide bonds. The lowest BCUT2D eigenvalue weighted by molar-refractivity contribution is -0.706. The second-order valence-corrected chi connectivity index (χ2v) is 5.73. The monoisotopic (exact) mass is 357 g/mol. The Morgan fingerprint density at radius 3 is 2.00 bits per heavy atom. The third-order valence-electron chi connectivity index (χ3n) is 3.95. The lowest BCUT2D eigenvalue weighted by atomic mass is 10.1. The van der Waals surface area contributed by atoms with Gasteiger partial charge in [-0.15, -0.1) is 0 Å². The maximum absolute atomic E-state index is 9.26.